The number of benzene rings is 3. The van der Waals surface area contributed by atoms with Crippen LogP contribution >= 0.6 is 0 Å². The predicted molar refractivity (Wildman–Crippen MR) is 101 cm³/mol. The van der Waals surface area contributed by atoms with Crippen molar-refractivity contribution in [2.24, 2.45) is 0 Å². The highest BCUT2D eigenvalue weighted by atomic mass is 19.2. The Morgan fingerprint density at radius 1 is 0.885 bits per heavy atom. The maximum Gasteiger partial charge on any atom is 0.167 e. The third kappa shape index (κ3) is 3.69. The number of halogens is 2. The average molecular weight is 354 g/mol. The molecule has 0 amide bonds. The fourth-order valence-electron chi connectivity index (χ4n) is 2.74. The molecule has 0 bridgehead atoms. The van der Waals surface area contributed by atoms with Gasteiger partial charge in [-0.3, -0.25) is 0 Å². The van der Waals surface area contributed by atoms with Crippen LogP contribution in [0.5, 0.6) is 11.5 Å². The maximum atomic E-state index is 14.6. The van der Waals surface area contributed by atoms with Gasteiger partial charge in [0.25, 0.3) is 0 Å². The van der Waals surface area contributed by atoms with Crippen molar-refractivity contribution < 1.29 is 18.3 Å². The Balaban J connectivity index is 2.00. The quantitative estimate of drug-likeness (QED) is 0.495. The van der Waals surface area contributed by atoms with E-state index in [-0.39, 0.29) is 10.9 Å². The second-order valence-electron chi connectivity index (χ2n) is 5.77. The van der Waals surface area contributed by atoms with E-state index in [0.29, 0.717) is 35.7 Å². The normalized spacial score (nSPS) is 11.2. The van der Waals surface area contributed by atoms with Crippen LogP contribution in [0.15, 0.2) is 60.7 Å². The summed E-state index contributed by atoms with van der Waals surface area (Å²) in [6.07, 6.45) is 3.71. The van der Waals surface area contributed by atoms with Crippen LogP contribution in [0, 0.1) is 11.6 Å². The molecular weight excluding hydrogens is 334 g/mol. The maximum absolute atomic E-state index is 14.6. The van der Waals surface area contributed by atoms with E-state index in [9.17, 15) is 8.78 Å². The van der Waals surface area contributed by atoms with E-state index in [1.165, 1.54) is 6.07 Å². The van der Waals surface area contributed by atoms with Crippen molar-refractivity contribution in [3.63, 3.8) is 0 Å². The average Bonchev–Trinajstić information content (AvgIpc) is 2.66. The number of rotatable bonds is 6. The molecule has 26 heavy (non-hydrogen) atoms. The molecule has 0 atom stereocenters. The lowest BCUT2D eigenvalue weighted by Gasteiger charge is -2.11. The van der Waals surface area contributed by atoms with Crippen LogP contribution in [0.3, 0.4) is 0 Å². The lowest BCUT2D eigenvalue weighted by atomic mass is 9.99. The largest absolute Gasteiger partial charge is 0.494 e. The van der Waals surface area contributed by atoms with Gasteiger partial charge in [0.2, 0.25) is 0 Å². The van der Waals surface area contributed by atoms with Gasteiger partial charge in [0.05, 0.1) is 6.61 Å². The van der Waals surface area contributed by atoms with Crippen LogP contribution in [0.4, 0.5) is 8.78 Å². The van der Waals surface area contributed by atoms with E-state index in [4.69, 9.17) is 9.47 Å². The first-order valence-corrected chi connectivity index (χ1v) is 8.53. The molecular formula is C22H20F2O2. The molecule has 0 aliphatic carbocycles. The van der Waals surface area contributed by atoms with Gasteiger partial charge in [-0.1, -0.05) is 30.4 Å². The van der Waals surface area contributed by atoms with Crippen LogP contribution in [0.1, 0.15) is 13.8 Å². The van der Waals surface area contributed by atoms with Crippen molar-refractivity contribution in [1.29, 1.82) is 0 Å². The van der Waals surface area contributed by atoms with Gasteiger partial charge in [0.15, 0.2) is 11.6 Å². The smallest absolute Gasteiger partial charge is 0.167 e. The minimum Gasteiger partial charge on any atom is -0.494 e. The molecule has 3 aromatic rings. The Morgan fingerprint density at radius 2 is 1.62 bits per heavy atom. The zero-order valence-corrected chi connectivity index (χ0v) is 14.8. The molecule has 0 aliphatic heterocycles. The molecule has 2 nitrogen and oxygen atoms in total. The first-order valence-electron chi connectivity index (χ1n) is 8.53. The lowest BCUT2D eigenvalue weighted by Crippen LogP contribution is -1.96. The van der Waals surface area contributed by atoms with Gasteiger partial charge in [-0.15, -0.1) is 0 Å². The van der Waals surface area contributed by atoms with Gasteiger partial charge in [0, 0.05) is 10.9 Å². The minimum absolute atomic E-state index is 0.204. The summed E-state index contributed by atoms with van der Waals surface area (Å²) in [6.45, 7) is 4.72. The van der Waals surface area contributed by atoms with E-state index < -0.39 is 11.6 Å². The molecule has 0 N–H and O–H groups in total. The van der Waals surface area contributed by atoms with Crippen molar-refractivity contribution in [1.82, 2.24) is 0 Å². The van der Waals surface area contributed by atoms with E-state index >= 15 is 0 Å². The van der Waals surface area contributed by atoms with Crippen molar-refractivity contribution in [3.05, 3.63) is 72.3 Å². The number of ether oxygens (including phenoxy) is 2. The van der Waals surface area contributed by atoms with Gasteiger partial charge in [-0.2, -0.15) is 0 Å². The summed E-state index contributed by atoms with van der Waals surface area (Å²) in [7, 11) is 0. The second-order valence-corrected chi connectivity index (χ2v) is 5.77. The number of allylic oxidation sites excluding steroid dienone is 1. The fourth-order valence-corrected chi connectivity index (χ4v) is 2.74. The van der Waals surface area contributed by atoms with E-state index in [1.807, 2.05) is 26.0 Å². The molecule has 0 saturated heterocycles. The zero-order valence-electron chi connectivity index (χ0n) is 14.8. The summed E-state index contributed by atoms with van der Waals surface area (Å²) < 4.78 is 40.2. The molecule has 0 aliphatic rings. The highest BCUT2D eigenvalue weighted by Crippen LogP contribution is 2.33. The third-order valence-electron chi connectivity index (χ3n) is 4.05. The van der Waals surface area contributed by atoms with Gasteiger partial charge in [-0.25, -0.2) is 8.78 Å². The Kier molecular flexibility index (Phi) is 5.52. The highest BCUT2D eigenvalue weighted by Gasteiger charge is 2.15. The van der Waals surface area contributed by atoms with Crippen molar-refractivity contribution in [2.75, 3.05) is 13.2 Å². The summed E-state index contributed by atoms with van der Waals surface area (Å²) in [6, 6.07) is 13.6. The van der Waals surface area contributed by atoms with Crippen molar-refractivity contribution >= 4 is 10.8 Å². The molecule has 0 aromatic heterocycles. The summed E-state index contributed by atoms with van der Waals surface area (Å²) in [4.78, 5) is 0. The molecule has 0 heterocycles. The molecule has 3 rings (SSSR count). The van der Waals surface area contributed by atoms with Crippen LogP contribution in [0.2, 0.25) is 0 Å². The van der Waals surface area contributed by atoms with Crippen molar-refractivity contribution in [2.45, 2.75) is 13.8 Å². The van der Waals surface area contributed by atoms with Gasteiger partial charge in [-0.05, 0) is 55.1 Å². The zero-order chi connectivity index (χ0) is 18.5. The summed E-state index contributed by atoms with van der Waals surface area (Å²) in [5, 5.41) is 0.821. The van der Waals surface area contributed by atoms with Gasteiger partial charge < -0.3 is 9.47 Å². The number of hydrogen-bond acceptors (Lipinski definition) is 2. The highest BCUT2D eigenvalue weighted by molar-refractivity contribution is 5.89. The SMILES string of the molecule is CC=CCOc1ccc2cc(-c3ccc(OCC)cc3)c(F)c(F)c2c1. The molecule has 0 spiro atoms. The Hall–Kier alpha value is -2.88. The first kappa shape index (κ1) is 17.9. The third-order valence-corrected chi connectivity index (χ3v) is 4.05. The molecule has 0 unspecified atom stereocenters. The first-order chi connectivity index (χ1) is 12.6. The Morgan fingerprint density at radius 3 is 2.31 bits per heavy atom. The lowest BCUT2D eigenvalue weighted by molar-refractivity contribution is 0.340. The summed E-state index contributed by atoms with van der Waals surface area (Å²) in [5.41, 5.74) is 0.820. The van der Waals surface area contributed by atoms with Gasteiger partial charge >= 0.3 is 0 Å². The van der Waals surface area contributed by atoms with Crippen LogP contribution in [0.25, 0.3) is 21.9 Å². The van der Waals surface area contributed by atoms with E-state index in [1.54, 1.807) is 42.5 Å². The Bertz CT molecular complexity index is 931. The number of hydrogen-bond donors (Lipinski definition) is 0. The van der Waals surface area contributed by atoms with E-state index in [0.717, 1.165) is 0 Å². The minimum atomic E-state index is -0.872. The second kappa shape index (κ2) is 8.00. The summed E-state index contributed by atoms with van der Waals surface area (Å²) >= 11 is 0. The Labute approximate surface area is 151 Å². The van der Waals surface area contributed by atoms with Gasteiger partial charge in [0.1, 0.15) is 18.1 Å². The molecule has 134 valence electrons. The molecule has 3 aromatic carbocycles. The van der Waals surface area contributed by atoms with Crippen LogP contribution < -0.4 is 9.47 Å². The molecule has 0 radical (unpaired) electrons. The van der Waals surface area contributed by atoms with Crippen LogP contribution in [-0.4, -0.2) is 13.2 Å². The number of fused-ring (bicyclic) bond motifs is 1. The molecule has 4 heteroatoms. The topological polar surface area (TPSA) is 18.5 Å². The molecule has 0 fully saturated rings. The monoisotopic (exact) mass is 354 g/mol. The van der Waals surface area contributed by atoms with Crippen LogP contribution in [-0.2, 0) is 0 Å². The fraction of sp³-hybridized carbons (Fsp3) is 0.182. The standard InChI is InChI=1S/C22H20F2O2/c1-3-5-12-26-18-11-8-16-13-19(21(23)22(24)20(16)14-18)15-6-9-17(10-7-15)25-4-2/h3,5-11,13-14H,4,12H2,1-2H3. The summed E-state index contributed by atoms with van der Waals surface area (Å²) in [5.74, 6) is -0.543. The molecule has 0 saturated carbocycles. The van der Waals surface area contributed by atoms with E-state index in [2.05, 4.69) is 0 Å². The predicted octanol–water partition coefficient (Wildman–Crippen LogP) is 6.14. The van der Waals surface area contributed by atoms with Crippen molar-refractivity contribution in [3.8, 4) is 22.6 Å².